The second-order valence-corrected chi connectivity index (χ2v) is 14.3. The van der Waals surface area contributed by atoms with Crippen molar-refractivity contribution >= 4 is 23.5 Å². The number of hydrogen-bond donors (Lipinski definition) is 1. The van der Waals surface area contributed by atoms with E-state index < -0.39 is 143 Å². The molecule has 3 unspecified atom stereocenters. The van der Waals surface area contributed by atoms with Gasteiger partial charge in [0, 0.05) is 35.5 Å². The van der Waals surface area contributed by atoms with Crippen LogP contribution in [0.2, 0.25) is 0 Å². The number of carbonyl (C=O) groups is 4. The normalized spacial score (nSPS) is 34.6. The van der Waals surface area contributed by atoms with E-state index in [0.717, 1.165) is 12.2 Å². The molecule has 4 aliphatic carbocycles. The number of esters is 2. The van der Waals surface area contributed by atoms with Crippen LogP contribution >= 0.6 is 0 Å². The lowest BCUT2D eigenvalue weighted by Gasteiger charge is -2.63. The van der Waals surface area contributed by atoms with Crippen LogP contribution in [0.3, 0.4) is 0 Å². The van der Waals surface area contributed by atoms with Gasteiger partial charge in [0.2, 0.25) is 5.78 Å². The van der Waals surface area contributed by atoms with E-state index in [0.29, 0.717) is 0 Å². The minimum Gasteiger partial charge on any atom is -0.457 e. The quantitative estimate of drug-likeness (QED) is 0.0910. The number of ether oxygens (including phenoxy) is 2. The third-order valence-corrected chi connectivity index (χ3v) is 11.5. The average Bonchev–Trinajstić information content (AvgIpc) is 3.28. The summed E-state index contributed by atoms with van der Waals surface area (Å²) >= 11 is 0. The molecular weight excluding hydrogens is 720 g/mol. The van der Waals surface area contributed by atoms with Crippen LogP contribution < -0.4 is 0 Å². The number of fused-ring (bicyclic) bond motifs is 5. The molecule has 1 N–H and O–H groups in total. The standard InChI is InChI=1S/C32H41F2N3O16/c1-18-12-21-22-14-24(33)23-13-19(38)9-10-29(23,2)31(22,34)25(39)15-30(21,3)32(18,52-28(42)8-5-11-50-35(43)44)26(40)17-49-27(41)7-4-6-20(53-37(47)48)16-51-36(45)46/h9-10,13,18,20-22,24-25,39H,4-8,11-12,14-17H2,1-3H3/t18-,20?,21?,22?,24+,25+,29+,30+,31+,32+/m1/s1. The Kier molecular flexibility index (Phi) is 12.1. The zero-order valence-corrected chi connectivity index (χ0v) is 29.1. The average molecular weight is 762 g/mol. The predicted molar refractivity (Wildman–Crippen MR) is 169 cm³/mol. The molecule has 0 amide bonds. The second kappa shape index (κ2) is 15.7. The van der Waals surface area contributed by atoms with Crippen LogP contribution in [0.25, 0.3) is 0 Å². The summed E-state index contributed by atoms with van der Waals surface area (Å²) in [5.41, 5.74) is -8.10. The zero-order chi connectivity index (χ0) is 39.5. The molecular formula is C32H41F2N3O16. The van der Waals surface area contributed by atoms with Gasteiger partial charge < -0.3 is 29.1 Å². The van der Waals surface area contributed by atoms with Crippen molar-refractivity contribution in [2.45, 2.75) is 102 Å². The van der Waals surface area contributed by atoms with Gasteiger partial charge in [0.25, 0.3) is 15.3 Å². The third kappa shape index (κ3) is 7.65. The van der Waals surface area contributed by atoms with Crippen molar-refractivity contribution < 1.29 is 72.3 Å². The fourth-order valence-electron chi connectivity index (χ4n) is 9.21. The fraction of sp³-hybridized carbons (Fsp3) is 0.750. The van der Waals surface area contributed by atoms with Crippen LogP contribution in [0.4, 0.5) is 8.78 Å². The van der Waals surface area contributed by atoms with Gasteiger partial charge in [-0.2, -0.15) is 0 Å². The van der Waals surface area contributed by atoms with Crippen molar-refractivity contribution in [1.82, 2.24) is 0 Å². The first-order valence-electron chi connectivity index (χ1n) is 17.0. The van der Waals surface area contributed by atoms with Crippen LogP contribution in [0, 0.1) is 58.9 Å². The molecule has 0 aromatic carbocycles. The van der Waals surface area contributed by atoms with Crippen LogP contribution in [-0.4, -0.2) is 93.3 Å². The maximum absolute atomic E-state index is 17.7. The Hall–Kier alpha value is -4.82. The van der Waals surface area contributed by atoms with E-state index in [1.54, 1.807) is 6.92 Å². The van der Waals surface area contributed by atoms with Gasteiger partial charge in [-0.15, -0.1) is 30.3 Å². The smallest absolute Gasteiger partial charge is 0.306 e. The molecule has 0 radical (unpaired) electrons. The van der Waals surface area contributed by atoms with Crippen molar-refractivity contribution in [2.75, 3.05) is 19.8 Å². The predicted octanol–water partition coefficient (Wildman–Crippen LogP) is 2.89. The summed E-state index contributed by atoms with van der Waals surface area (Å²) < 4.78 is 44.8. The van der Waals surface area contributed by atoms with Crippen LogP contribution in [-0.2, 0) is 43.2 Å². The number of carbonyl (C=O) groups excluding carboxylic acids is 4. The van der Waals surface area contributed by atoms with E-state index >= 15 is 8.78 Å². The lowest BCUT2D eigenvalue weighted by Crippen LogP contribution is -2.71. The monoisotopic (exact) mass is 761 g/mol. The molecule has 21 heteroatoms. The van der Waals surface area contributed by atoms with E-state index in [-0.39, 0.29) is 31.3 Å². The molecule has 294 valence electrons. The molecule has 3 saturated carbocycles. The van der Waals surface area contributed by atoms with E-state index in [4.69, 9.17) is 9.47 Å². The molecule has 0 heterocycles. The SMILES string of the molecule is C[C@@H]1CC2C3C[C@H](F)C4=CC(=O)C=C[C@]4(C)[C@@]3(F)[C@@H](O)C[C@]2(C)[C@@]1(OC(=O)CCCO[N+](=O)[O-])C(=O)COC(=O)CCCC(CO[N+](=O)[O-])O[N+](=O)[O-]. The number of ketones is 2. The van der Waals surface area contributed by atoms with Crippen molar-refractivity contribution in [2.24, 2.45) is 28.6 Å². The lowest BCUT2D eigenvalue weighted by atomic mass is 9.44. The number of aliphatic hydroxyl groups excluding tert-OH is 1. The summed E-state index contributed by atoms with van der Waals surface area (Å²) in [6.07, 6.45) is -4.08. The number of allylic oxidation sites excluding steroid dienone is 4. The molecule has 0 aliphatic heterocycles. The molecule has 0 bridgehead atoms. The first-order chi connectivity index (χ1) is 24.7. The highest BCUT2D eigenvalue weighted by atomic mass is 19.1. The number of alkyl halides is 2. The zero-order valence-electron chi connectivity index (χ0n) is 29.1. The number of aliphatic hydroxyl groups is 1. The van der Waals surface area contributed by atoms with Gasteiger partial charge in [0.05, 0.1) is 12.7 Å². The second-order valence-electron chi connectivity index (χ2n) is 14.3. The van der Waals surface area contributed by atoms with E-state index in [2.05, 4.69) is 14.5 Å². The summed E-state index contributed by atoms with van der Waals surface area (Å²) in [6.45, 7) is 2.20. The number of Topliss-reactive ketones (excluding diaryl/α,β-unsaturated/α-hetero) is 1. The van der Waals surface area contributed by atoms with Crippen LogP contribution in [0.5, 0.6) is 0 Å². The molecule has 0 saturated heterocycles. The van der Waals surface area contributed by atoms with Crippen molar-refractivity contribution in [3.05, 3.63) is 54.1 Å². The number of rotatable bonds is 18. The summed E-state index contributed by atoms with van der Waals surface area (Å²) in [4.78, 5) is 97.0. The van der Waals surface area contributed by atoms with Gasteiger partial charge >= 0.3 is 11.9 Å². The molecule has 4 rings (SSSR count). The molecule has 0 aromatic rings. The summed E-state index contributed by atoms with van der Waals surface area (Å²) in [5, 5.41) is 40.1. The molecule has 19 nitrogen and oxygen atoms in total. The summed E-state index contributed by atoms with van der Waals surface area (Å²) in [5.74, 6) is -6.49. The van der Waals surface area contributed by atoms with Gasteiger partial charge in [-0.25, -0.2) is 8.78 Å². The third-order valence-electron chi connectivity index (χ3n) is 11.5. The first kappa shape index (κ1) is 40.9. The van der Waals surface area contributed by atoms with Crippen LogP contribution in [0.1, 0.15) is 72.1 Å². The molecule has 4 aliphatic rings. The van der Waals surface area contributed by atoms with E-state index in [1.165, 1.54) is 19.9 Å². The summed E-state index contributed by atoms with van der Waals surface area (Å²) in [6, 6.07) is 0. The minimum atomic E-state index is -2.51. The van der Waals surface area contributed by atoms with Crippen molar-refractivity contribution in [3.63, 3.8) is 0 Å². The summed E-state index contributed by atoms with van der Waals surface area (Å²) in [7, 11) is 0. The van der Waals surface area contributed by atoms with Crippen LogP contribution in [0.15, 0.2) is 23.8 Å². The van der Waals surface area contributed by atoms with Gasteiger partial charge in [-0.05, 0) is 69.1 Å². The van der Waals surface area contributed by atoms with E-state index in [9.17, 15) is 54.6 Å². The Labute approximate surface area is 300 Å². The molecule has 3 fully saturated rings. The highest BCUT2D eigenvalue weighted by Gasteiger charge is 2.78. The Balaban J connectivity index is 1.59. The molecule has 0 aromatic heterocycles. The van der Waals surface area contributed by atoms with Gasteiger partial charge in [-0.1, -0.05) is 19.9 Å². The number of halogens is 2. The molecule has 0 spiro atoms. The van der Waals surface area contributed by atoms with Gasteiger partial charge in [0.15, 0.2) is 23.7 Å². The fourth-order valence-corrected chi connectivity index (χ4v) is 9.21. The topological polar surface area (TPSA) is 264 Å². The minimum absolute atomic E-state index is 0.00546. The van der Waals surface area contributed by atoms with Gasteiger partial charge in [-0.3, -0.25) is 19.2 Å². The number of nitrogens with zero attached hydrogens (tertiary/aromatic N) is 3. The number of hydrogen-bond acceptors (Lipinski definition) is 16. The largest absolute Gasteiger partial charge is 0.457 e. The molecule has 10 atom stereocenters. The van der Waals surface area contributed by atoms with Gasteiger partial charge in [0.1, 0.15) is 18.9 Å². The Bertz CT molecular complexity index is 1580. The highest BCUT2D eigenvalue weighted by Crippen LogP contribution is 2.71. The first-order valence-corrected chi connectivity index (χ1v) is 17.0. The van der Waals surface area contributed by atoms with E-state index in [1.807, 2.05) is 0 Å². The van der Waals surface area contributed by atoms with Crippen molar-refractivity contribution in [1.29, 1.82) is 0 Å². The maximum atomic E-state index is 17.7. The Morgan fingerprint density at radius 2 is 1.66 bits per heavy atom. The Morgan fingerprint density at radius 3 is 2.30 bits per heavy atom. The van der Waals surface area contributed by atoms with Crippen molar-refractivity contribution in [3.8, 4) is 0 Å². The highest BCUT2D eigenvalue weighted by molar-refractivity contribution is 6.01. The lowest BCUT2D eigenvalue weighted by molar-refractivity contribution is -0.790. The molecule has 53 heavy (non-hydrogen) atoms. The Morgan fingerprint density at radius 1 is 1.00 bits per heavy atom. The maximum Gasteiger partial charge on any atom is 0.306 e.